The molecule has 22 heavy (non-hydrogen) atoms. The normalized spacial score (nSPS) is 11.7. The maximum atomic E-state index is 11.9. The quantitative estimate of drug-likeness (QED) is 0.793. The molecular weight excluding hydrogens is 298 g/mol. The van der Waals surface area contributed by atoms with Crippen molar-refractivity contribution < 1.29 is 14.3 Å². The zero-order valence-electron chi connectivity index (χ0n) is 12.5. The third-order valence-corrected chi connectivity index (χ3v) is 4.04. The van der Waals surface area contributed by atoms with Crippen LogP contribution in [0, 0.1) is 0 Å². The first-order valence-electron chi connectivity index (χ1n) is 7.23. The summed E-state index contributed by atoms with van der Waals surface area (Å²) in [6.45, 7) is 1.58. The van der Waals surface area contributed by atoms with Crippen LogP contribution in [0.4, 0.5) is 5.69 Å². The highest BCUT2D eigenvalue weighted by Crippen LogP contribution is 2.13. The minimum absolute atomic E-state index is 0.320. The van der Waals surface area contributed by atoms with Crippen LogP contribution < -0.4 is 5.32 Å². The Bertz CT molecular complexity index is 596. The number of amides is 1. The van der Waals surface area contributed by atoms with Gasteiger partial charge in [-0.25, -0.2) is 0 Å². The molecule has 0 aliphatic carbocycles. The van der Waals surface area contributed by atoms with Crippen molar-refractivity contribution in [1.82, 2.24) is 0 Å². The molecule has 2 rings (SSSR count). The second kappa shape index (κ2) is 8.34. The van der Waals surface area contributed by atoms with E-state index in [1.807, 2.05) is 35.7 Å². The third kappa shape index (κ3) is 5.33. The van der Waals surface area contributed by atoms with Gasteiger partial charge in [0.2, 0.25) is 0 Å². The minimum atomic E-state index is -0.797. The number of carbonyl (C=O) groups excluding carboxylic acids is 2. The van der Waals surface area contributed by atoms with Crippen LogP contribution in [0.2, 0.25) is 0 Å². The lowest BCUT2D eigenvalue weighted by atomic mass is 10.2. The highest BCUT2D eigenvalue weighted by molar-refractivity contribution is 7.09. The number of rotatable bonds is 7. The van der Waals surface area contributed by atoms with E-state index in [0.29, 0.717) is 12.1 Å². The topological polar surface area (TPSA) is 55.4 Å². The molecule has 1 atom stereocenters. The van der Waals surface area contributed by atoms with Gasteiger partial charge in [0.25, 0.3) is 5.91 Å². The van der Waals surface area contributed by atoms with E-state index in [1.165, 1.54) is 4.88 Å². The molecule has 0 spiro atoms. The summed E-state index contributed by atoms with van der Waals surface area (Å²) in [7, 11) is 0. The van der Waals surface area contributed by atoms with E-state index in [0.717, 1.165) is 12.8 Å². The van der Waals surface area contributed by atoms with Crippen LogP contribution in [0.3, 0.4) is 0 Å². The standard InChI is InChI=1S/C17H19NO3S/c1-13(17(20)18-14-7-3-2-4-8-14)21-16(19)11-5-9-15-10-6-12-22-15/h2-4,6-8,10,12-13H,5,9,11H2,1H3,(H,18,20)/t13-/m1/s1. The molecule has 116 valence electrons. The van der Waals surface area contributed by atoms with Gasteiger partial charge in [-0.05, 0) is 43.3 Å². The van der Waals surface area contributed by atoms with Gasteiger partial charge in [-0.2, -0.15) is 0 Å². The lowest BCUT2D eigenvalue weighted by molar-refractivity contribution is -0.153. The lowest BCUT2D eigenvalue weighted by Gasteiger charge is -2.13. The predicted octanol–water partition coefficient (Wildman–Crippen LogP) is 3.64. The van der Waals surface area contributed by atoms with Crippen LogP contribution in [0.5, 0.6) is 0 Å². The van der Waals surface area contributed by atoms with Gasteiger partial charge in [0.15, 0.2) is 6.10 Å². The molecule has 0 bridgehead atoms. The molecule has 1 aromatic heterocycles. The van der Waals surface area contributed by atoms with Crippen LogP contribution >= 0.6 is 11.3 Å². The summed E-state index contributed by atoms with van der Waals surface area (Å²) in [5, 5.41) is 4.73. The molecule has 0 fully saturated rings. The molecular formula is C17H19NO3S. The fraction of sp³-hybridized carbons (Fsp3) is 0.294. The van der Waals surface area contributed by atoms with Crippen molar-refractivity contribution in [3.63, 3.8) is 0 Å². The molecule has 0 radical (unpaired) electrons. The van der Waals surface area contributed by atoms with E-state index >= 15 is 0 Å². The number of benzene rings is 1. The number of esters is 1. The summed E-state index contributed by atoms with van der Waals surface area (Å²) >= 11 is 1.68. The summed E-state index contributed by atoms with van der Waals surface area (Å²) < 4.78 is 5.16. The van der Waals surface area contributed by atoms with Crippen LogP contribution in [-0.4, -0.2) is 18.0 Å². The van der Waals surface area contributed by atoms with Crippen molar-refractivity contribution in [3.8, 4) is 0 Å². The second-order valence-corrected chi connectivity index (χ2v) is 5.95. The Labute approximate surface area is 134 Å². The van der Waals surface area contributed by atoms with Crippen molar-refractivity contribution in [1.29, 1.82) is 0 Å². The van der Waals surface area contributed by atoms with E-state index in [9.17, 15) is 9.59 Å². The van der Waals surface area contributed by atoms with Crippen LogP contribution in [0.15, 0.2) is 47.8 Å². The molecule has 5 heteroatoms. The monoisotopic (exact) mass is 317 g/mol. The number of para-hydroxylation sites is 1. The van der Waals surface area contributed by atoms with Crippen LogP contribution in [-0.2, 0) is 20.7 Å². The van der Waals surface area contributed by atoms with E-state index < -0.39 is 6.10 Å². The molecule has 1 heterocycles. The summed E-state index contributed by atoms with van der Waals surface area (Å²) in [6.07, 6.45) is 1.11. The highest BCUT2D eigenvalue weighted by Gasteiger charge is 2.17. The lowest BCUT2D eigenvalue weighted by Crippen LogP contribution is -2.29. The minimum Gasteiger partial charge on any atom is -0.453 e. The molecule has 1 N–H and O–H groups in total. The molecule has 0 aliphatic heterocycles. The number of nitrogens with one attached hydrogen (secondary N) is 1. The Balaban J connectivity index is 1.70. The molecule has 0 saturated carbocycles. The molecule has 0 unspecified atom stereocenters. The smallest absolute Gasteiger partial charge is 0.306 e. The number of anilines is 1. The SMILES string of the molecule is C[C@@H](OC(=O)CCCc1cccs1)C(=O)Nc1ccccc1. The number of hydrogen-bond donors (Lipinski definition) is 1. The van der Waals surface area contributed by atoms with Crippen molar-refractivity contribution >= 4 is 28.9 Å². The highest BCUT2D eigenvalue weighted by atomic mass is 32.1. The average Bonchev–Trinajstić information content (AvgIpc) is 3.01. The van der Waals surface area contributed by atoms with Crippen molar-refractivity contribution in [2.45, 2.75) is 32.3 Å². The number of carbonyl (C=O) groups is 2. The summed E-state index contributed by atoms with van der Waals surface area (Å²) in [5.41, 5.74) is 0.688. The first-order valence-corrected chi connectivity index (χ1v) is 8.11. The Kier molecular flexibility index (Phi) is 6.15. The summed E-state index contributed by atoms with van der Waals surface area (Å²) in [6, 6.07) is 13.1. The first-order chi connectivity index (χ1) is 10.6. The fourth-order valence-corrected chi connectivity index (χ4v) is 2.69. The predicted molar refractivity (Wildman–Crippen MR) is 87.9 cm³/mol. The number of ether oxygens (including phenoxy) is 1. The van der Waals surface area contributed by atoms with Gasteiger partial charge in [0, 0.05) is 17.0 Å². The molecule has 0 saturated heterocycles. The van der Waals surface area contributed by atoms with Gasteiger partial charge < -0.3 is 10.1 Å². The van der Waals surface area contributed by atoms with Crippen molar-refractivity contribution in [3.05, 3.63) is 52.7 Å². The zero-order valence-corrected chi connectivity index (χ0v) is 13.3. The Hall–Kier alpha value is -2.14. The second-order valence-electron chi connectivity index (χ2n) is 4.92. The van der Waals surface area contributed by atoms with Gasteiger partial charge in [-0.1, -0.05) is 24.3 Å². The van der Waals surface area contributed by atoms with Gasteiger partial charge in [0.1, 0.15) is 0 Å². The maximum absolute atomic E-state index is 11.9. The summed E-state index contributed by atoms with van der Waals surface area (Å²) in [4.78, 5) is 24.9. The van der Waals surface area contributed by atoms with Gasteiger partial charge >= 0.3 is 5.97 Å². The van der Waals surface area contributed by atoms with Gasteiger partial charge in [0.05, 0.1) is 0 Å². The molecule has 0 aliphatic rings. The fourth-order valence-electron chi connectivity index (χ4n) is 1.94. The molecule has 2 aromatic rings. The van der Waals surface area contributed by atoms with Gasteiger partial charge in [-0.3, -0.25) is 9.59 Å². The maximum Gasteiger partial charge on any atom is 0.306 e. The van der Waals surface area contributed by atoms with Crippen molar-refractivity contribution in [2.75, 3.05) is 5.32 Å². The number of aryl methyl sites for hydroxylation is 1. The number of hydrogen-bond acceptors (Lipinski definition) is 4. The zero-order chi connectivity index (χ0) is 15.8. The average molecular weight is 317 g/mol. The Morgan fingerprint density at radius 1 is 1.18 bits per heavy atom. The first kappa shape index (κ1) is 16.2. The Morgan fingerprint density at radius 3 is 2.64 bits per heavy atom. The van der Waals surface area contributed by atoms with Crippen molar-refractivity contribution in [2.24, 2.45) is 0 Å². The van der Waals surface area contributed by atoms with E-state index in [-0.39, 0.29) is 11.9 Å². The van der Waals surface area contributed by atoms with Crippen LogP contribution in [0.1, 0.15) is 24.6 Å². The molecule has 4 nitrogen and oxygen atoms in total. The largest absolute Gasteiger partial charge is 0.453 e. The van der Waals surface area contributed by atoms with E-state index in [2.05, 4.69) is 5.32 Å². The van der Waals surface area contributed by atoms with Crippen LogP contribution in [0.25, 0.3) is 0 Å². The Morgan fingerprint density at radius 2 is 1.95 bits per heavy atom. The van der Waals surface area contributed by atoms with E-state index in [1.54, 1.807) is 30.4 Å². The number of thiophene rings is 1. The summed E-state index contributed by atoms with van der Waals surface area (Å²) in [5.74, 6) is -0.662. The van der Waals surface area contributed by atoms with Gasteiger partial charge in [-0.15, -0.1) is 11.3 Å². The molecule has 1 aromatic carbocycles. The third-order valence-electron chi connectivity index (χ3n) is 3.10. The van der Waals surface area contributed by atoms with E-state index in [4.69, 9.17) is 4.74 Å². The molecule has 1 amide bonds.